The van der Waals surface area contributed by atoms with Crippen LogP contribution in [-0.2, 0) is 18.2 Å². The van der Waals surface area contributed by atoms with E-state index in [0.717, 1.165) is 12.2 Å². The van der Waals surface area contributed by atoms with Crippen LogP contribution < -0.4 is 0 Å². The van der Waals surface area contributed by atoms with Crippen LogP contribution in [0.15, 0.2) is 12.4 Å². The van der Waals surface area contributed by atoms with Gasteiger partial charge in [-0.1, -0.05) is 0 Å². The first-order valence-electron chi connectivity index (χ1n) is 4.96. The second-order valence-electron chi connectivity index (χ2n) is 3.31. The molecular weight excluding hydrogens is 180 g/mol. The van der Waals surface area contributed by atoms with Crippen molar-refractivity contribution >= 4 is 0 Å². The van der Waals surface area contributed by atoms with Crippen molar-refractivity contribution in [3.05, 3.63) is 18.2 Å². The normalized spacial score (nSPS) is 13.1. The molecule has 0 aliphatic carbocycles. The number of rotatable bonds is 6. The Kier molecular flexibility index (Phi) is 4.62. The van der Waals surface area contributed by atoms with Crippen molar-refractivity contribution in [1.82, 2.24) is 9.55 Å². The monoisotopic (exact) mass is 198 g/mol. The number of hydrogen-bond donors (Lipinski definition) is 1. The highest BCUT2D eigenvalue weighted by Crippen LogP contribution is 2.02. The average Bonchev–Trinajstić information content (AvgIpc) is 2.58. The van der Waals surface area contributed by atoms with Gasteiger partial charge in [-0.05, 0) is 13.3 Å². The van der Waals surface area contributed by atoms with Crippen molar-refractivity contribution in [3.8, 4) is 0 Å². The predicted molar refractivity (Wildman–Crippen MR) is 54.0 cm³/mol. The Morgan fingerprint density at radius 3 is 3.00 bits per heavy atom. The molecule has 80 valence electrons. The Labute approximate surface area is 84.5 Å². The number of nitrogens with zero attached hydrogens (tertiary/aromatic N) is 2. The average molecular weight is 198 g/mol. The van der Waals surface area contributed by atoms with Crippen LogP contribution in [-0.4, -0.2) is 34.0 Å². The summed E-state index contributed by atoms with van der Waals surface area (Å²) in [6, 6.07) is 0. The van der Waals surface area contributed by atoms with E-state index < -0.39 is 0 Å². The molecule has 0 radical (unpaired) electrons. The summed E-state index contributed by atoms with van der Waals surface area (Å²) in [5.74, 6) is 1.00. The van der Waals surface area contributed by atoms with E-state index in [1.165, 1.54) is 0 Å². The molecule has 0 amide bonds. The van der Waals surface area contributed by atoms with Gasteiger partial charge in [0, 0.05) is 32.5 Å². The fourth-order valence-electron chi connectivity index (χ4n) is 1.27. The van der Waals surface area contributed by atoms with E-state index in [2.05, 4.69) is 4.98 Å². The summed E-state index contributed by atoms with van der Waals surface area (Å²) in [5, 5.41) is 9.51. The molecule has 0 fully saturated rings. The van der Waals surface area contributed by atoms with E-state index in [1.54, 1.807) is 6.20 Å². The quantitative estimate of drug-likeness (QED) is 0.733. The van der Waals surface area contributed by atoms with Crippen LogP contribution in [0.3, 0.4) is 0 Å². The molecule has 1 aromatic heterocycles. The second kappa shape index (κ2) is 5.78. The van der Waals surface area contributed by atoms with Crippen LogP contribution in [0.2, 0.25) is 0 Å². The summed E-state index contributed by atoms with van der Waals surface area (Å²) in [4.78, 5) is 4.18. The lowest BCUT2D eigenvalue weighted by Crippen LogP contribution is -2.16. The summed E-state index contributed by atoms with van der Waals surface area (Å²) in [7, 11) is 1.96. The minimum atomic E-state index is -0.383. The van der Waals surface area contributed by atoms with Crippen LogP contribution in [0.4, 0.5) is 0 Å². The third-order valence-electron chi connectivity index (χ3n) is 2.14. The topological polar surface area (TPSA) is 47.3 Å². The van der Waals surface area contributed by atoms with Crippen molar-refractivity contribution in [1.29, 1.82) is 0 Å². The Balaban J connectivity index is 2.23. The number of ether oxygens (including phenoxy) is 1. The van der Waals surface area contributed by atoms with Gasteiger partial charge < -0.3 is 14.4 Å². The third-order valence-corrected chi connectivity index (χ3v) is 2.14. The molecule has 0 aromatic carbocycles. The number of imidazole rings is 1. The molecule has 1 aromatic rings. The molecule has 1 unspecified atom stereocenters. The zero-order valence-corrected chi connectivity index (χ0v) is 8.81. The number of aliphatic hydroxyl groups is 1. The molecule has 1 heterocycles. The van der Waals surface area contributed by atoms with E-state index in [9.17, 15) is 5.11 Å². The Hall–Kier alpha value is -0.870. The molecular formula is C10H18N2O2. The lowest BCUT2D eigenvalue weighted by Gasteiger charge is -2.09. The zero-order valence-electron chi connectivity index (χ0n) is 8.81. The number of hydrogen-bond acceptors (Lipinski definition) is 3. The second-order valence-corrected chi connectivity index (χ2v) is 3.31. The first-order chi connectivity index (χ1) is 6.74. The molecule has 14 heavy (non-hydrogen) atoms. The van der Waals surface area contributed by atoms with Gasteiger partial charge in [-0.3, -0.25) is 0 Å². The molecule has 0 saturated heterocycles. The van der Waals surface area contributed by atoms with Gasteiger partial charge in [-0.25, -0.2) is 4.98 Å². The largest absolute Gasteiger partial charge is 0.391 e. The van der Waals surface area contributed by atoms with Gasteiger partial charge in [0.15, 0.2) is 0 Å². The van der Waals surface area contributed by atoms with E-state index in [0.29, 0.717) is 19.6 Å². The predicted octanol–water partition coefficient (Wildman–Crippen LogP) is 0.750. The molecule has 4 heteroatoms. The third kappa shape index (κ3) is 3.47. The minimum Gasteiger partial charge on any atom is -0.391 e. The molecule has 4 nitrogen and oxygen atoms in total. The number of aliphatic hydroxyl groups excluding tert-OH is 1. The van der Waals surface area contributed by atoms with E-state index in [4.69, 9.17) is 4.74 Å². The molecule has 0 bridgehead atoms. The van der Waals surface area contributed by atoms with Gasteiger partial charge in [-0.2, -0.15) is 0 Å². The highest BCUT2D eigenvalue weighted by molar-refractivity contribution is 4.91. The van der Waals surface area contributed by atoms with Crippen LogP contribution >= 0.6 is 0 Å². The van der Waals surface area contributed by atoms with Crippen LogP contribution in [0.25, 0.3) is 0 Å². The lowest BCUT2D eigenvalue weighted by molar-refractivity contribution is 0.0380. The highest BCUT2D eigenvalue weighted by Gasteiger charge is 2.06. The molecule has 0 aliphatic rings. The number of aryl methyl sites for hydroxylation is 2. The molecule has 0 aliphatic heterocycles. The Morgan fingerprint density at radius 2 is 2.43 bits per heavy atom. The van der Waals surface area contributed by atoms with Crippen LogP contribution in [0.5, 0.6) is 0 Å². The Bertz CT molecular complexity index is 260. The molecule has 1 atom stereocenters. The number of aromatic nitrogens is 2. The molecule has 0 saturated carbocycles. The van der Waals surface area contributed by atoms with Crippen molar-refractivity contribution < 1.29 is 9.84 Å². The van der Waals surface area contributed by atoms with Crippen molar-refractivity contribution in [2.75, 3.05) is 13.2 Å². The standard InChI is InChI=1S/C10H18N2O2/c1-3-14-8-9(13)4-5-10-11-6-7-12(10)2/h6-7,9,13H,3-5,8H2,1-2H3. The van der Waals surface area contributed by atoms with Gasteiger partial charge in [0.2, 0.25) is 0 Å². The summed E-state index contributed by atoms with van der Waals surface area (Å²) >= 11 is 0. The first kappa shape index (κ1) is 11.2. The maximum absolute atomic E-state index is 9.51. The van der Waals surface area contributed by atoms with Gasteiger partial charge in [-0.15, -0.1) is 0 Å². The fourth-order valence-corrected chi connectivity index (χ4v) is 1.27. The van der Waals surface area contributed by atoms with E-state index in [1.807, 2.05) is 24.7 Å². The Morgan fingerprint density at radius 1 is 1.64 bits per heavy atom. The fraction of sp³-hybridized carbons (Fsp3) is 0.700. The summed E-state index contributed by atoms with van der Waals surface area (Å²) in [6.45, 7) is 2.99. The first-order valence-corrected chi connectivity index (χ1v) is 4.96. The van der Waals surface area contributed by atoms with Crippen LogP contribution in [0.1, 0.15) is 19.2 Å². The van der Waals surface area contributed by atoms with Gasteiger partial charge in [0.1, 0.15) is 5.82 Å². The zero-order chi connectivity index (χ0) is 10.4. The smallest absolute Gasteiger partial charge is 0.108 e. The van der Waals surface area contributed by atoms with Crippen molar-refractivity contribution in [2.45, 2.75) is 25.9 Å². The lowest BCUT2D eigenvalue weighted by atomic mass is 10.2. The highest BCUT2D eigenvalue weighted by atomic mass is 16.5. The molecule has 0 spiro atoms. The van der Waals surface area contributed by atoms with Crippen molar-refractivity contribution in [2.24, 2.45) is 7.05 Å². The van der Waals surface area contributed by atoms with Gasteiger partial charge >= 0.3 is 0 Å². The maximum Gasteiger partial charge on any atom is 0.108 e. The molecule has 1 rings (SSSR count). The van der Waals surface area contributed by atoms with Gasteiger partial charge in [0.05, 0.1) is 12.7 Å². The summed E-state index contributed by atoms with van der Waals surface area (Å²) in [5.41, 5.74) is 0. The van der Waals surface area contributed by atoms with E-state index >= 15 is 0 Å². The summed E-state index contributed by atoms with van der Waals surface area (Å²) in [6.07, 6.45) is 4.78. The van der Waals surface area contributed by atoms with Crippen LogP contribution in [0, 0.1) is 0 Å². The van der Waals surface area contributed by atoms with Gasteiger partial charge in [0.25, 0.3) is 0 Å². The SMILES string of the molecule is CCOCC(O)CCc1nccn1C. The maximum atomic E-state index is 9.51. The minimum absolute atomic E-state index is 0.383. The van der Waals surface area contributed by atoms with Crippen molar-refractivity contribution in [3.63, 3.8) is 0 Å². The molecule has 1 N–H and O–H groups in total. The van der Waals surface area contributed by atoms with E-state index in [-0.39, 0.29) is 6.10 Å². The summed E-state index contributed by atoms with van der Waals surface area (Å²) < 4.78 is 7.08.